The lowest BCUT2D eigenvalue weighted by Crippen LogP contribution is -2.44. The van der Waals surface area contributed by atoms with E-state index in [2.05, 4.69) is 10.6 Å². The molecule has 1 amide bonds. The molecule has 2 rings (SSSR count). The van der Waals surface area contributed by atoms with Crippen molar-refractivity contribution in [1.82, 2.24) is 10.6 Å². The van der Waals surface area contributed by atoms with Crippen molar-refractivity contribution in [2.45, 2.75) is 25.4 Å². The normalized spacial score (nSPS) is 23.9. The lowest BCUT2D eigenvalue weighted by atomic mass is 10.0. The van der Waals surface area contributed by atoms with Crippen LogP contribution in [0.5, 0.6) is 0 Å². The topological polar surface area (TPSA) is 74.5 Å². The van der Waals surface area contributed by atoms with Crippen molar-refractivity contribution in [3.63, 3.8) is 0 Å². The van der Waals surface area contributed by atoms with Gasteiger partial charge in [0.25, 0.3) is 5.91 Å². The molecule has 0 radical (unpaired) electrons. The Labute approximate surface area is 100 Å². The van der Waals surface area contributed by atoms with Gasteiger partial charge in [0.15, 0.2) is 0 Å². The maximum Gasteiger partial charge on any atom is 0.254 e. The average Bonchev–Trinajstić information content (AvgIpc) is 2.95. The quantitative estimate of drug-likeness (QED) is 0.705. The van der Waals surface area contributed by atoms with E-state index in [0.29, 0.717) is 30.7 Å². The molecule has 1 aliphatic heterocycles. The van der Waals surface area contributed by atoms with Gasteiger partial charge in [0.05, 0.1) is 17.4 Å². The minimum atomic E-state index is -0.814. The number of hydrogen-bond donors (Lipinski definition) is 3. The number of hydrogen-bond acceptors (Lipinski definition) is 4. The van der Waals surface area contributed by atoms with Gasteiger partial charge in [-0.1, -0.05) is 6.92 Å². The number of carbonyl (C=O) groups is 1. The Bertz CT molecular complexity index is 394. The summed E-state index contributed by atoms with van der Waals surface area (Å²) in [5.41, 5.74) is -0.256. The molecule has 17 heavy (non-hydrogen) atoms. The molecule has 0 spiro atoms. The van der Waals surface area contributed by atoms with Crippen LogP contribution in [0.25, 0.3) is 0 Å². The van der Waals surface area contributed by atoms with E-state index in [1.165, 1.54) is 6.26 Å². The van der Waals surface area contributed by atoms with Crippen LogP contribution in [0.1, 0.15) is 29.5 Å². The summed E-state index contributed by atoms with van der Waals surface area (Å²) >= 11 is 0. The van der Waals surface area contributed by atoms with Crippen LogP contribution in [0.4, 0.5) is 0 Å². The Morgan fingerprint density at radius 2 is 2.53 bits per heavy atom. The molecule has 1 saturated heterocycles. The predicted molar refractivity (Wildman–Crippen MR) is 62.9 cm³/mol. The second-order valence-corrected chi connectivity index (χ2v) is 4.44. The fraction of sp³-hybridized carbons (Fsp3) is 0.583. The first kappa shape index (κ1) is 12.1. The summed E-state index contributed by atoms with van der Waals surface area (Å²) in [5.74, 6) is 0.495. The molecular formula is C12H18N2O3. The summed E-state index contributed by atoms with van der Waals surface area (Å²) in [5, 5.41) is 15.9. The lowest BCUT2D eigenvalue weighted by Gasteiger charge is -2.21. The molecule has 3 N–H and O–H groups in total. The number of nitrogens with one attached hydrogen (secondary N) is 2. The largest absolute Gasteiger partial charge is 0.469 e. The van der Waals surface area contributed by atoms with Crippen LogP contribution in [-0.4, -0.2) is 36.2 Å². The molecule has 0 saturated carbocycles. The van der Waals surface area contributed by atoms with E-state index in [1.807, 2.05) is 6.92 Å². The number of rotatable bonds is 4. The van der Waals surface area contributed by atoms with Gasteiger partial charge < -0.3 is 20.2 Å². The minimum absolute atomic E-state index is 0.184. The van der Waals surface area contributed by atoms with Gasteiger partial charge in [-0.25, -0.2) is 0 Å². The molecule has 1 fully saturated rings. The van der Waals surface area contributed by atoms with E-state index in [4.69, 9.17) is 4.42 Å². The molecule has 0 aliphatic carbocycles. The smallest absolute Gasteiger partial charge is 0.254 e. The second-order valence-electron chi connectivity index (χ2n) is 4.44. The highest BCUT2D eigenvalue weighted by molar-refractivity contribution is 5.95. The zero-order chi connectivity index (χ0) is 12.3. The van der Waals surface area contributed by atoms with Crippen LogP contribution < -0.4 is 10.6 Å². The number of β-amino-alcohol motifs (C(OH)–C–C–N with tert-alkyl or cyclic N) is 1. The number of furan rings is 1. The van der Waals surface area contributed by atoms with Crippen LogP contribution in [0, 0.1) is 0 Å². The third-order valence-electron chi connectivity index (χ3n) is 3.11. The highest BCUT2D eigenvalue weighted by Gasteiger charge is 2.31. The summed E-state index contributed by atoms with van der Waals surface area (Å²) in [6.07, 6.45) is 2.86. The van der Waals surface area contributed by atoms with Crippen LogP contribution >= 0.6 is 0 Å². The summed E-state index contributed by atoms with van der Waals surface area (Å²) in [6.45, 7) is 3.52. The van der Waals surface area contributed by atoms with E-state index in [-0.39, 0.29) is 12.5 Å². The third-order valence-corrected chi connectivity index (χ3v) is 3.11. The van der Waals surface area contributed by atoms with E-state index in [9.17, 15) is 9.90 Å². The molecule has 5 nitrogen and oxygen atoms in total. The van der Waals surface area contributed by atoms with Gasteiger partial charge in [0, 0.05) is 19.5 Å². The number of amides is 1. The zero-order valence-corrected chi connectivity index (χ0v) is 9.95. The van der Waals surface area contributed by atoms with E-state index in [0.717, 1.165) is 6.54 Å². The maximum atomic E-state index is 11.9. The summed E-state index contributed by atoms with van der Waals surface area (Å²) in [6, 6.07) is 1.66. The minimum Gasteiger partial charge on any atom is -0.469 e. The molecule has 1 unspecified atom stereocenters. The zero-order valence-electron chi connectivity index (χ0n) is 9.95. The highest BCUT2D eigenvalue weighted by atomic mass is 16.3. The van der Waals surface area contributed by atoms with Crippen molar-refractivity contribution in [2.75, 3.05) is 19.6 Å². The average molecular weight is 238 g/mol. The van der Waals surface area contributed by atoms with E-state index < -0.39 is 5.60 Å². The molecule has 5 heteroatoms. The molecule has 94 valence electrons. The standard InChI is InChI=1S/C12H18N2O3/c1-2-10-9(3-6-17-10)11(15)14-8-12(16)4-5-13-7-12/h3,6,13,16H,2,4-5,7-8H2,1H3,(H,14,15). The number of aliphatic hydroxyl groups is 1. The van der Waals surface area contributed by atoms with Gasteiger partial charge in [-0.2, -0.15) is 0 Å². The molecule has 0 aromatic carbocycles. The Morgan fingerprint density at radius 3 is 3.18 bits per heavy atom. The number of carbonyl (C=O) groups excluding carboxylic acids is 1. The Morgan fingerprint density at radius 1 is 1.71 bits per heavy atom. The van der Waals surface area contributed by atoms with Gasteiger partial charge in [-0.3, -0.25) is 4.79 Å². The van der Waals surface area contributed by atoms with E-state index >= 15 is 0 Å². The third kappa shape index (κ3) is 2.68. The first-order valence-corrected chi connectivity index (χ1v) is 5.92. The predicted octanol–water partition coefficient (Wildman–Crippen LogP) is 0.296. The van der Waals surface area contributed by atoms with Gasteiger partial charge in [-0.05, 0) is 19.0 Å². The first-order valence-electron chi connectivity index (χ1n) is 5.92. The van der Waals surface area contributed by atoms with Crippen molar-refractivity contribution in [3.05, 3.63) is 23.7 Å². The van der Waals surface area contributed by atoms with Crippen molar-refractivity contribution >= 4 is 5.91 Å². The van der Waals surface area contributed by atoms with Gasteiger partial charge in [0.1, 0.15) is 5.76 Å². The summed E-state index contributed by atoms with van der Waals surface area (Å²) in [7, 11) is 0. The lowest BCUT2D eigenvalue weighted by molar-refractivity contribution is 0.0561. The van der Waals surface area contributed by atoms with Crippen LogP contribution in [0.15, 0.2) is 16.7 Å². The molecule has 1 aromatic heterocycles. The second kappa shape index (κ2) is 4.89. The SMILES string of the molecule is CCc1occc1C(=O)NCC1(O)CCNC1. The van der Waals surface area contributed by atoms with Crippen molar-refractivity contribution in [1.29, 1.82) is 0 Å². The molecule has 2 heterocycles. The fourth-order valence-electron chi connectivity index (χ4n) is 2.04. The van der Waals surface area contributed by atoms with Gasteiger partial charge >= 0.3 is 0 Å². The molecule has 1 aromatic rings. The van der Waals surface area contributed by atoms with E-state index in [1.54, 1.807) is 6.07 Å². The van der Waals surface area contributed by atoms with Gasteiger partial charge in [-0.15, -0.1) is 0 Å². The summed E-state index contributed by atoms with van der Waals surface area (Å²) in [4.78, 5) is 11.9. The first-order chi connectivity index (χ1) is 8.14. The van der Waals surface area contributed by atoms with Crippen molar-refractivity contribution in [3.8, 4) is 0 Å². The highest BCUT2D eigenvalue weighted by Crippen LogP contribution is 2.14. The molecular weight excluding hydrogens is 220 g/mol. The van der Waals surface area contributed by atoms with Crippen LogP contribution in [0.3, 0.4) is 0 Å². The van der Waals surface area contributed by atoms with Crippen molar-refractivity contribution in [2.24, 2.45) is 0 Å². The Kier molecular flexibility index (Phi) is 3.49. The van der Waals surface area contributed by atoms with Crippen LogP contribution in [0.2, 0.25) is 0 Å². The molecule has 1 atom stereocenters. The maximum absolute atomic E-state index is 11.9. The Hall–Kier alpha value is -1.33. The fourth-order valence-corrected chi connectivity index (χ4v) is 2.04. The molecule has 1 aliphatic rings. The van der Waals surface area contributed by atoms with Crippen LogP contribution in [-0.2, 0) is 6.42 Å². The van der Waals surface area contributed by atoms with Crippen molar-refractivity contribution < 1.29 is 14.3 Å². The molecule has 0 bridgehead atoms. The Balaban J connectivity index is 1.93. The van der Waals surface area contributed by atoms with Gasteiger partial charge in [0.2, 0.25) is 0 Å². The monoisotopic (exact) mass is 238 g/mol. The summed E-state index contributed by atoms with van der Waals surface area (Å²) < 4.78 is 5.20. The number of aryl methyl sites for hydroxylation is 1.